The predicted molar refractivity (Wildman–Crippen MR) is 61.7 cm³/mol. The second kappa shape index (κ2) is 3.89. The molecule has 86 valence electrons. The molecule has 2 rings (SSSR count). The Balaban J connectivity index is 1.94. The summed E-state index contributed by atoms with van der Waals surface area (Å²) in [5.74, 6) is 1.69. The number of piperidine rings is 1. The molecule has 1 saturated heterocycles. The van der Waals surface area contributed by atoms with Crippen molar-refractivity contribution in [3.8, 4) is 0 Å². The Hall–Kier alpha value is -0.370. The first kappa shape index (κ1) is 11.1. The van der Waals surface area contributed by atoms with Crippen LogP contribution in [0.3, 0.4) is 0 Å². The molecule has 2 nitrogen and oxygen atoms in total. The lowest BCUT2D eigenvalue weighted by Crippen LogP contribution is -2.32. The zero-order valence-corrected chi connectivity index (χ0v) is 10.2. The van der Waals surface area contributed by atoms with E-state index in [4.69, 9.17) is 0 Å². The summed E-state index contributed by atoms with van der Waals surface area (Å²) in [6, 6.07) is 0. The fourth-order valence-electron chi connectivity index (χ4n) is 2.87. The number of ketones is 1. The van der Waals surface area contributed by atoms with Gasteiger partial charge >= 0.3 is 0 Å². The first-order valence-corrected chi connectivity index (χ1v) is 6.31. The standard InChI is InChI=1S/C13H23NO/c1-9(2)10(3)12(15)11-8-13(11)4-6-14-7-5-13/h9-11,14H,4-8H2,1-3H3. The number of rotatable bonds is 3. The normalized spacial score (nSPS) is 30.5. The zero-order chi connectivity index (χ0) is 11.1. The van der Waals surface area contributed by atoms with Crippen LogP contribution in [0.4, 0.5) is 0 Å². The molecule has 1 heterocycles. The maximum atomic E-state index is 12.2. The van der Waals surface area contributed by atoms with Gasteiger partial charge in [-0.1, -0.05) is 20.8 Å². The Bertz CT molecular complexity index is 253. The van der Waals surface area contributed by atoms with E-state index < -0.39 is 0 Å². The van der Waals surface area contributed by atoms with E-state index in [1.54, 1.807) is 0 Å². The molecule has 0 bridgehead atoms. The molecular formula is C13H23NO. The van der Waals surface area contributed by atoms with Gasteiger partial charge in [0.05, 0.1) is 0 Å². The van der Waals surface area contributed by atoms with E-state index in [-0.39, 0.29) is 5.92 Å². The lowest BCUT2D eigenvalue weighted by Gasteiger charge is -2.24. The Morgan fingerprint density at radius 3 is 2.40 bits per heavy atom. The van der Waals surface area contributed by atoms with Crippen LogP contribution in [-0.4, -0.2) is 18.9 Å². The average molecular weight is 209 g/mol. The van der Waals surface area contributed by atoms with E-state index >= 15 is 0 Å². The molecule has 0 amide bonds. The summed E-state index contributed by atoms with van der Waals surface area (Å²) < 4.78 is 0. The predicted octanol–water partition coefficient (Wildman–Crippen LogP) is 2.24. The third-order valence-electron chi connectivity index (χ3n) is 4.58. The van der Waals surface area contributed by atoms with Gasteiger partial charge < -0.3 is 5.32 Å². The zero-order valence-electron chi connectivity index (χ0n) is 10.2. The Morgan fingerprint density at radius 1 is 1.27 bits per heavy atom. The molecule has 0 aromatic rings. The quantitative estimate of drug-likeness (QED) is 0.772. The maximum Gasteiger partial charge on any atom is 0.139 e. The number of hydrogen-bond donors (Lipinski definition) is 1. The van der Waals surface area contributed by atoms with Crippen molar-refractivity contribution in [2.24, 2.45) is 23.2 Å². The van der Waals surface area contributed by atoms with E-state index in [1.807, 2.05) is 0 Å². The van der Waals surface area contributed by atoms with Gasteiger partial charge in [-0.3, -0.25) is 4.79 Å². The number of carbonyl (C=O) groups is 1. The lowest BCUT2D eigenvalue weighted by atomic mass is 9.85. The Labute approximate surface area is 92.8 Å². The molecular weight excluding hydrogens is 186 g/mol. The Kier molecular flexibility index (Phi) is 2.89. The van der Waals surface area contributed by atoms with E-state index in [2.05, 4.69) is 26.1 Å². The van der Waals surface area contributed by atoms with Crippen LogP contribution in [0, 0.1) is 23.2 Å². The summed E-state index contributed by atoms with van der Waals surface area (Å²) >= 11 is 0. The van der Waals surface area contributed by atoms with Crippen molar-refractivity contribution in [3.05, 3.63) is 0 Å². The first-order chi connectivity index (χ1) is 7.07. The minimum Gasteiger partial charge on any atom is -0.317 e. The summed E-state index contributed by atoms with van der Waals surface area (Å²) in [6.07, 6.45) is 3.60. The van der Waals surface area contributed by atoms with Gasteiger partial charge in [-0.25, -0.2) is 0 Å². The van der Waals surface area contributed by atoms with Crippen molar-refractivity contribution in [1.82, 2.24) is 5.32 Å². The Morgan fingerprint density at radius 2 is 1.87 bits per heavy atom. The topological polar surface area (TPSA) is 29.1 Å². The van der Waals surface area contributed by atoms with E-state index in [0.29, 0.717) is 23.0 Å². The fraction of sp³-hybridized carbons (Fsp3) is 0.923. The third-order valence-corrected chi connectivity index (χ3v) is 4.58. The molecule has 1 aliphatic carbocycles. The van der Waals surface area contributed by atoms with Crippen LogP contribution >= 0.6 is 0 Å². The average Bonchev–Trinajstić information content (AvgIpc) is 2.91. The molecule has 2 atom stereocenters. The van der Waals surface area contributed by atoms with E-state index in [1.165, 1.54) is 19.3 Å². The fourth-order valence-corrected chi connectivity index (χ4v) is 2.87. The summed E-state index contributed by atoms with van der Waals surface area (Å²) in [7, 11) is 0. The van der Waals surface area contributed by atoms with Crippen LogP contribution in [0.5, 0.6) is 0 Å². The van der Waals surface area contributed by atoms with E-state index in [9.17, 15) is 4.79 Å². The van der Waals surface area contributed by atoms with Crippen LogP contribution in [0.1, 0.15) is 40.0 Å². The highest BCUT2D eigenvalue weighted by Gasteiger charge is 2.57. The van der Waals surface area contributed by atoms with Gasteiger partial charge in [-0.15, -0.1) is 0 Å². The van der Waals surface area contributed by atoms with Crippen molar-refractivity contribution in [2.45, 2.75) is 40.0 Å². The summed E-state index contributed by atoms with van der Waals surface area (Å²) in [5, 5.41) is 3.38. The molecule has 0 aromatic carbocycles. The molecule has 1 aliphatic heterocycles. The van der Waals surface area contributed by atoms with Crippen LogP contribution in [0.15, 0.2) is 0 Å². The molecule has 1 spiro atoms. The lowest BCUT2D eigenvalue weighted by molar-refractivity contribution is -0.125. The smallest absolute Gasteiger partial charge is 0.139 e. The minimum absolute atomic E-state index is 0.254. The van der Waals surface area contributed by atoms with Gasteiger partial charge in [0.1, 0.15) is 5.78 Å². The van der Waals surface area contributed by atoms with Crippen LogP contribution in [0.25, 0.3) is 0 Å². The second-order valence-corrected chi connectivity index (χ2v) is 5.80. The van der Waals surface area contributed by atoms with Crippen LogP contribution in [0.2, 0.25) is 0 Å². The molecule has 1 saturated carbocycles. The number of Topliss-reactive ketones (excluding diaryl/α,β-unsaturated/α-hetero) is 1. The largest absolute Gasteiger partial charge is 0.317 e. The number of nitrogens with one attached hydrogen (secondary N) is 1. The maximum absolute atomic E-state index is 12.2. The summed E-state index contributed by atoms with van der Waals surface area (Å²) in [6.45, 7) is 8.62. The van der Waals surface area contributed by atoms with Crippen molar-refractivity contribution in [1.29, 1.82) is 0 Å². The first-order valence-electron chi connectivity index (χ1n) is 6.31. The summed E-state index contributed by atoms with van der Waals surface area (Å²) in [5.41, 5.74) is 0.422. The second-order valence-electron chi connectivity index (χ2n) is 5.80. The highest BCUT2D eigenvalue weighted by Crippen LogP contribution is 2.59. The SMILES string of the molecule is CC(C)C(C)C(=O)C1CC12CCNCC2. The van der Waals surface area contributed by atoms with Gasteiger partial charge in [0, 0.05) is 11.8 Å². The van der Waals surface area contributed by atoms with Crippen LogP contribution < -0.4 is 5.32 Å². The molecule has 2 heteroatoms. The molecule has 2 fully saturated rings. The van der Waals surface area contributed by atoms with Gasteiger partial charge in [0.15, 0.2) is 0 Å². The van der Waals surface area contributed by atoms with Crippen molar-refractivity contribution >= 4 is 5.78 Å². The molecule has 0 aromatic heterocycles. The molecule has 1 N–H and O–H groups in total. The van der Waals surface area contributed by atoms with Gasteiger partial charge in [0.2, 0.25) is 0 Å². The number of carbonyl (C=O) groups excluding carboxylic acids is 1. The van der Waals surface area contributed by atoms with Crippen molar-refractivity contribution in [2.75, 3.05) is 13.1 Å². The number of hydrogen-bond acceptors (Lipinski definition) is 2. The highest BCUT2D eigenvalue weighted by molar-refractivity contribution is 5.86. The highest BCUT2D eigenvalue weighted by atomic mass is 16.1. The van der Waals surface area contributed by atoms with Crippen molar-refractivity contribution in [3.63, 3.8) is 0 Å². The van der Waals surface area contributed by atoms with Crippen molar-refractivity contribution < 1.29 is 4.79 Å². The molecule has 2 unspecified atom stereocenters. The van der Waals surface area contributed by atoms with E-state index in [0.717, 1.165) is 13.1 Å². The summed E-state index contributed by atoms with van der Waals surface area (Å²) in [4.78, 5) is 12.2. The molecule has 15 heavy (non-hydrogen) atoms. The molecule has 2 aliphatic rings. The molecule has 0 radical (unpaired) electrons. The van der Waals surface area contributed by atoms with Crippen LogP contribution in [-0.2, 0) is 4.79 Å². The van der Waals surface area contributed by atoms with Gasteiger partial charge in [-0.05, 0) is 43.7 Å². The third kappa shape index (κ3) is 1.96. The monoisotopic (exact) mass is 209 g/mol. The minimum atomic E-state index is 0.254. The van der Waals surface area contributed by atoms with Gasteiger partial charge in [0.25, 0.3) is 0 Å². The van der Waals surface area contributed by atoms with Gasteiger partial charge in [-0.2, -0.15) is 0 Å².